The van der Waals surface area contributed by atoms with Crippen molar-refractivity contribution in [2.75, 3.05) is 6.54 Å². The first kappa shape index (κ1) is 18.1. The van der Waals surface area contributed by atoms with Gasteiger partial charge in [-0.05, 0) is 37.1 Å². The van der Waals surface area contributed by atoms with Gasteiger partial charge in [0.05, 0.1) is 11.6 Å². The average molecular weight is 362 g/mol. The summed E-state index contributed by atoms with van der Waals surface area (Å²) in [5.74, 6) is 0.0315. The van der Waals surface area contributed by atoms with Crippen molar-refractivity contribution < 1.29 is 22.4 Å². The van der Waals surface area contributed by atoms with Crippen LogP contribution in [0.3, 0.4) is 0 Å². The Kier molecular flexibility index (Phi) is 5.03. The van der Waals surface area contributed by atoms with Crippen LogP contribution in [-0.4, -0.2) is 23.4 Å². The van der Waals surface area contributed by atoms with E-state index in [4.69, 9.17) is 9.68 Å². The second-order valence-corrected chi connectivity index (χ2v) is 6.27. The predicted molar refractivity (Wildman–Crippen MR) is 88.1 cm³/mol. The summed E-state index contributed by atoms with van der Waals surface area (Å²) in [6, 6.07) is 9.64. The number of rotatable bonds is 4. The molecule has 1 aromatic carbocycles. The molecule has 1 amide bonds. The number of amides is 1. The molecule has 0 unspecified atom stereocenters. The highest BCUT2D eigenvalue weighted by Gasteiger charge is 2.31. The van der Waals surface area contributed by atoms with Crippen molar-refractivity contribution in [3.05, 3.63) is 47.7 Å². The van der Waals surface area contributed by atoms with E-state index in [1.165, 1.54) is 23.1 Å². The molecule has 26 heavy (non-hydrogen) atoms. The Morgan fingerprint density at radius 3 is 2.38 bits per heavy atom. The summed E-state index contributed by atoms with van der Waals surface area (Å²) >= 11 is 0. The zero-order chi connectivity index (χ0) is 18.7. The molecule has 0 spiro atoms. The highest BCUT2D eigenvalue weighted by atomic mass is 19.4. The quantitative estimate of drug-likeness (QED) is 0.729. The molecule has 0 N–H and O–H groups in total. The maximum Gasteiger partial charge on any atom is 0.416 e. The van der Waals surface area contributed by atoms with Crippen molar-refractivity contribution in [1.82, 2.24) is 4.90 Å². The molecule has 4 nitrogen and oxygen atoms in total. The molecule has 0 atom stereocenters. The first-order chi connectivity index (χ1) is 12.4. The largest absolute Gasteiger partial charge is 0.451 e. The number of carbonyl (C=O) groups is 1. The number of nitriles is 1. The molecule has 0 aliphatic heterocycles. The summed E-state index contributed by atoms with van der Waals surface area (Å²) in [6.45, 7) is -0.0141. The summed E-state index contributed by atoms with van der Waals surface area (Å²) < 4.78 is 43.5. The maximum atomic E-state index is 12.7. The van der Waals surface area contributed by atoms with Gasteiger partial charge in [-0.15, -0.1) is 0 Å². The minimum absolute atomic E-state index is 0.0141. The van der Waals surface area contributed by atoms with Gasteiger partial charge in [-0.3, -0.25) is 4.79 Å². The van der Waals surface area contributed by atoms with Gasteiger partial charge in [-0.1, -0.05) is 25.0 Å². The highest BCUT2D eigenvalue weighted by molar-refractivity contribution is 5.92. The number of furan rings is 1. The number of carbonyl (C=O) groups excluding carboxylic acids is 1. The summed E-state index contributed by atoms with van der Waals surface area (Å²) in [7, 11) is 0. The van der Waals surface area contributed by atoms with Crippen LogP contribution in [0.25, 0.3) is 11.3 Å². The van der Waals surface area contributed by atoms with E-state index in [9.17, 15) is 18.0 Å². The zero-order valence-corrected chi connectivity index (χ0v) is 13.9. The number of hydrogen-bond acceptors (Lipinski definition) is 3. The summed E-state index contributed by atoms with van der Waals surface area (Å²) in [6.07, 6.45) is -0.634. The predicted octanol–water partition coefficient (Wildman–Crippen LogP) is 4.87. The van der Waals surface area contributed by atoms with Gasteiger partial charge in [-0.2, -0.15) is 18.4 Å². The number of alkyl halides is 3. The fraction of sp³-hybridized carbons (Fsp3) is 0.368. The minimum Gasteiger partial charge on any atom is -0.451 e. The normalized spacial score (nSPS) is 15.0. The molecule has 1 aromatic heterocycles. The third kappa shape index (κ3) is 3.74. The van der Waals surface area contributed by atoms with Crippen LogP contribution in [0.15, 0.2) is 40.8 Å². The van der Waals surface area contributed by atoms with E-state index in [-0.39, 0.29) is 24.3 Å². The monoisotopic (exact) mass is 362 g/mol. The minimum atomic E-state index is -4.40. The van der Waals surface area contributed by atoms with E-state index < -0.39 is 11.7 Å². The van der Waals surface area contributed by atoms with Crippen LogP contribution < -0.4 is 0 Å². The van der Waals surface area contributed by atoms with Gasteiger partial charge >= 0.3 is 6.18 Å². The molecule has 3 rings (SSSR count). The van der Waals surface area contributed by atoms with E-state index in [1.54, 1.807) is 6.07 Å². The lowest BCUT2D eigenvalue weighted by atomic mass is 10.1. The van der Waals surface area contributed by atoms with Crippen molar-refractivity contribution in [2.24, 2.45) is 0 Å². The van der Waals surface area contributed by atoms with Crippen molar-refractivity contribution in [3.8, 4) is 17.4 Å². The van der Waals surface area contributed by atoms with Gasteiger partial charge in [0, 0.05) is 11.6 Å². The molecule has 0 radical (unpaired) electrons. The number of hydrogen-bond donors (Lipinski definition) is 0. The molecule has 1 aliphatic carbocycles. The Balaban J connectivity index is 1.80. The first-order valence-corrected chi connectivity index (χ1v) is 8.35. The fourth-order valence-corrected chi connectivity index (χ4v) is 3.23. The standard InChI is InChI=1S/C19H17F3N2O2/c20-19(21,22)14-7-5-13(6-8-14)16-9-10-17(26-16)18(25)24(12-11-23)15-3-1-2-4-15/h5-10,15H,1-4,12H2. The second kappa shape index (κ2) is 7.24. The van der Waals surface area contributed by atoms with Crippen molar-refractivity contribution >= 4 is 5.91 Å². The maximum absolute atomic E-state index is 12.7. The third-order valence-corrected chi connectivity index (χ3v) is 4.58. The van der Waals surface area contributed by atoms with Crippen LogP contribution in [0.4, 0.5) is 13.2 Å². The average Bonchev–Trinajstić information content (AvgIpc) is 3.30. The lowest BCUT2D eigenvalue weighted by Crippen LogP contribution is -2.38. The lowest BCUT2D eigenvalue weighted by molar-refractivity contribution is -0.137. The molecule has 1 aliphatic rings. The first-order valence-electron chi connectivity index (χ1n) is 8.35. The van der Waals surface area contributed by atoms with Crippen LogP contribution >= 0.6 is 0 Å². The molecule has 1 fully saturated rings. The Bertz CT molecular complexity index is 813. The Labute approximate surface area is 148 Å². The van der Waals surface area contributed by atoms with E-state index in [2.05, 4.69) is 0 Å². The molecule has 2 aromatic rings. The van der Waals surface area contributed by atoms with Gasteiger partial charge in [0.2, 0.25) is 0 Å². The third-order valence-electron chi connectivity index (χ3n) is 4.58. The van der Waals surface area contributed by atoms with Gasteiger partial charge < -0.3 is 9.32 Å². The van der Waals surface area contributed by atoms with Crippen LogP contribution in [0.5, 0.6) is 0 Å². The van der Waals surface area contributed by atoms with E-state index in [0.717, 1.165) is 37.8 Å². The summed E-state index contributed by atoms with van der Waals surface area (Å²) in [5, 5.41) is 9.00. The van der Waals surface area contributed by atoms with E-state index >= 15 is 0 Å². The van der Waals surface area contributed by atoms with Crippen LogP contribution in [0.1, 0.15) is 41.8 Å². The Morgan fingerprint density at radius 1 is 1.15 bits per heavy atom. The number of benzene rings is 1. The van der Waals surface area contributed by atoms with E-state index in [1.807, 2.05) is 6.07 Å². The topological polar surface area (TPSA) is 57.2 Å². The summed E-state index contributed by atoms with van der Waals surface area (Å²) in [4.78, 5) is 14.2. The fourth-order valence-electron chi connectivity index (χ4n) is 3.23. The van der Waals surface area contributed by atoms with Crippen molar-refractivity contribution in [1.29, 1.82) is 5.26 Å². The van der Waals surface area contributed by atoms with E-state index in [0.29, 0.717) is 11.3 Å². The Hall–Kier alpha value is -2.75. The van der Waals surface area contributed by atoms with Crippen molar-refractivity contribution in [2.45, 2.75) is 37.9 Å². The molecule has 136 valence electrons. The SMILES string of the molecule is N#CCN(C(=O)c1ccc(-c2ccc(C(F)(F)F)cc2)o1)C1CCCC1. The van der Waals surface area contributed by atoms with Crippen LogP contribution in [0.2, 0.25) is 0 Å². The van der Waals surface area contributed by atoms with Gasteiger partial charge in [0.15, 0.2) is 5.76 Å². The van der Waals surface area contributed by atoms with Crippen LogP contribution in [-0.2, 0) is 6.18 Å². The molecule has 1 heterocycles. The Morgan fingerprint density at radius 2 is 1.81 bits per heavy atom. The smallest absolute Gasteiger partial charge is 0.416 e. The molecule has 0 bridgehead atoms. The lowest BCUT2D eigenvalue weighted by Gasteiger charge is -2.25. The number of nitrogens with zero attached hydrogens (tertiary/aromatic N) is 2. The van der Waals surface area contributed by atoms with Gasteiger partial charge in [-0.25, -0.2) is 0 Å². The zero-order valence-electron chi connectivity index (χ0n) is 13.9. The van der Waals surface area contributed by atoms with Gasteiger partial charge in [0.1, 0.15) is 12.3 Å². The summed E-state index contributed by atoms with van der Waals surface area (Å²) in [5.41, 5.74) is -0.296. The molecular weight excluding hydrogens is 345 g/mol. The molecule has 1 saturated carbocycles. The molecule has 0 saturated heterocycles. The molecular formula is C19H17F3N2O2. The molecule has 7 heteroatoms. The van der Waals surface area contributed by atoms with Crippen molar-refractivity contribution in [3.63, 3.8) is 0 Å². The van der Waals surface area contributed by atoms with Crippen LogP contribution in [0, 0.1) is 11.3 Å². The highest BCUT2D eigenvalue weighted by Crippen LogP contribution is 2.32. The second-order valence-electron chi connectivity index (χ2n) is 6.27. The van der Waals surface area contributed by atoms with Gasteiger partial charge in [0.25, 0.3) is 5.91 Å². The number of halogens is 3.